The van der Waals surface area contributed by atoms with Crippen LogP contribution in [-0.4, -0.2) is 15.9 Å². The van der Waals surface area contributed by atoms with Crippen molar-refractivity contribution in [2.24, 2.45) is 0 Å². The fourth-order valence-electron chi connectivity index (χ4n) is 2.79. The summed E-state index contributed by atoms with van der Waals surface area (Å²) in [5.41, 5.74) is 4.42. The first-order valence-electron chi connectivity index (χ1n) is 7.70. The number of pyridine rings is 1. The van der Waals surface area contributed by atoms with Crippen LogP contribution in [0, 0.1) is 0 Å². The van der Waals surface area contributed by atoms with E-state index in [1.54, 1.807) is 24.4 Å². The number of benzene rings is 2. The highest BCUT2D eigenvalue weighted by atomic mass is 16.1. The lowest BCUT2D eigenvalue weighted by Gasteiger charge is -2.08. The Morgan fingerprint density at radius 2 is 1.88 bits per heavy atom. The average Bonchev–Trinajstić information content (AvgIpc) is 3.11. The van der Waals surface area contributed by atoms with Crippen molar-refractivity contribution in [2.75, 3.05) is 5.32 Å². The van der Waals surface area contributed by atoms with Crippen LogP contribution in [0.1, 0.15) is 10.5 Å². The third-order valence-electron chi connectivity index (χ3n) is 3.92. The summed E-state index contributed by atoms with van der Waals surface area (Å²) < 4.78 is 0. The van der Waals surface area contributed by atoms with Crippen LogP contribution in [0.5, 0.6) is 0 Å². The van der Waals surface area contributed by atoms with Gasteiger partial charge in [0.2, 0.25) is 0 Å². The summed E-state index contributed by atoms with van der Waals surface area (Å²) in [6.07, 6.45) is 3.54. The first-order chi connectivity index (χ1) is 11.8. The zero-order valence-corrected chi connectivity index (χ0v) is 12.9. The lowest BCUT2D eigenvalue weighted by Crippen LogP contribution is -2.13. The van der Waals surface area contributed by atoms with Gasteiger partial charge in [0.05, 0.1) is 0 Å². The fourth-order valence-corrected chi connectivity index (χ4v) is 2.79. The van der Waals surface area contributed by atoms with Crippen LogP contribution in [-0.2, 0) is 0 Å². The molecule has 0 bridgehead atoms. The number of hydrogen-bond donors (Lipinski definition) is 2. The minimum atomic E-state index is -0.215. The molecule has 2 N–H and O–H groups in total. The molecule has 0 aliphatic heterocycles. The summed E-state index contributed by atoms with van der Waals surface area (Å²) >= 11 is 0. The van der Waals surface area contributed by atoms with Crippen LogP contribution in [0.25, 0.3) is 22.0 Å². The number of amides is 1. The molecule has 4 nitrogen and oxygen atoms in total. The molecule has 0 atom stereocenters. The highest BCUT2D eigenvalue weighted by Gasteiger charge is 2.09. The van der Waals surface area contributed by atoms with E-state index in [9.17, 15) is 4.79 Å². The van der Waals surface area contributed by atoms with Gasteiger partial charge in [0, 0.05) is 29.0 Å². The van der Waals surface area contributed by atoms with Gasteiger partial charge in [0.1, 0.15) is 5.69 Å². The van der Waals surface area contributed by atoms with E-state index in [0.717, 1.165) is 27.7 Å². The molecule has 2 aromatic carbocycles. The highest BCUT2D eigenvalue weighted by molar-refractivity contribution is 6.03. The predicted octanol–water partition coefficient (Wildman–Crippen LogP) is 4.48. The van der Waals surface area contributed by atoms with Crippen molar-refractivity contribution in [2.45, 2.75) is 0 Å². The van der Waals surface area contributed by atoms with E-state index in [4.69, 9.17) is 0 Å². The van der Waals surface area contributed by atoms with Gasteiger partial charge in [-0.05, 0) is 47.5 Å². The Balaban J connectivity index is 1.67. The zero-order valence-electron chi connectivity index (χ0n) is 12.9. The Hall–Kier alpha value is -3.40. The van der Waals surface area contributed by atoms with Gasteiger partial charge in [-0.2, -0.15) is 0 Å². The van der Waals surface area contributed by atoms with Crippen LogP contribution < -0.4 is 5.32 Å². The van der Waals surface area contributed by atoms with Gasteiger partial charge in [0.25, 0.3) is 5.91 Å². The van der Waals surface area contributed by atoms with Gasteiger partial charge in [-0.25, -0.2) is 0 Å². The Labute approximate surface area is 139 Å². The van der Waals surface area contributed by atoms with E-state index in [1.165, 1.54) is 0 Å². The molecule has 2 heterocycles. The number of hydrogen-bond acceptors (Lipinski definition) is 2. The maximum absolute atomic E-state index is 12.3. The highest BCUT2D eigenvalue weighted by Crippen LogP contribution is 2.29. The molecule has 4 aromatic rings. The van der Waals surface area contributed by atoms with Gasteiger partial charge in [-0.1, -0.05) is 30.3 Å². The summed E-state index contributed by atoms with van der Waals surface area (Å²) in [5.74, 6) is -0.215. The minimum absolute atomic E-state index is 0.215. The molecular weight excluding hydrogens is 298 g/mol. The van der Waals surface area contributed by atoms with E-state index >= 15 is 0 Å². The van der Waals surface area contributed by atoms with Gasteiger partial charge in [-0.15, -0.1) is 0 Å². The molecule has 0 aliphatic rings. The van der Waals surface area contributed by atoms with Crippen molar-refractivity contribution in [1.29, 1.82) is 0 Å². The van der Waals surface area contributed by atoms with E-state index in [2.05, 4.69) is 27.4 Å². The molecular formula is C20H15N3O. The Morgan fingerprint density at radius 1 is 0.958 bits per heavy atom. The van der Waals surface area contributed by atoms with Crippen LogP contribution >= 0.6 is 0 Å². The second kappa shape index (κ2) is 6.01. The van der Waals surface area contributed by atoms with Crippen molar-refractivity contribution in [1.82, 2.24) is 9.97 Å². The summed E-state index contributed by atoms with van der Waals surface area (Å²) in [6.45, 7) is 0. The number of H-pyrrole nitrogens is 1. The molecule has 0 saturated heterocycles. The van der Waals surface area contributed by atoms with E-state index in [-0.39, 0.29) is 5.91 Å². The molecule has 116 valence electrons. The number of carbonyl (C=O) groups is 1. The lowest BCUT2D eigenvalue weighted by atomic mass is 10.0. The second-order valence-electron chi connectivity index (χ2n) is 5.49. The minimum Gasteiger partial charge on any atom is -0.361 e. The van der Waals surface area contributed by atoms with Crippen molar-refractivity contribution in [3.8, 4) is 11.1 Å². The molecule has 1 amide bonds. The SMILES string of the molecule is O=C(Nc1cccc(-c2cccc3[nH]ccc23)c1)c1ccccn1. The number of aromatic nitrogens is 2. The maximum atomic E-state index is 12.3. The second-order valence-corrected chi connectivity index (χ2v) is 5.49. The first-order valence-corrected chi connectivity index (χ1v) is 7.70. The van der Waals surface area contributed by atoms with Crippen molar-refractivity contribution >= 4 is 22.5 Å². The molecule has 24 heavy (non-hydrogen) atoms. The fraction of sp³-hybridized carbons (Fsp3) is 0. The Bertz CT molecular complexity index is 1010. The number of carbonyl (C=O) groups excluding carboxylic acids is 1. The molecule has 2 aromatic heterocycles. The van der Waals surface area contributed by atoms with E-state index in [0.29, 0.717) is 5.69 Å². The molecule has 0 spiro atoms. The Morgan fingerprint density at radius 3 is 2.75 bits per heavy atom. The van der Waals surface area contributed by atoms with Crippen LogP contribution in [0.15, 0.2) is 79.1 Å². The van der Waals surface area contributed by atoms with E-state index in [1.807, 2.05) is 42.6 Å². The van der Waals surface area contributed by atoms with Crippen molar-refractivity contribution < 1.29 is 4.79 Å². The quantitative estimate of drug-likeness (QED) is 0.586. The van der Waals surface area contributed by atoms with Crippen LogP contribution in [0.4, 0.5) is 5.69 Å². The lowest BCUT2D eigenvalue weighted by molar-refractivity contribution is 0.102. The number of fused-ring (bicyclic) bond motifs is 1. The number of aromatic amines is 1. The van der Waals surface area contributed by atoms with Crippen LogP contribution in [0.3, 0.4) is 0 Å². The van der Waals surface area contributed by atoms with Crippen molar-refractivity contribution in [3.63, 3.8) is 0 Å². The van der Waals surface area contributed by atoms with Gasteiger partial charge >= 0.3 is 0 Å². The topological polar surface area (TPSA) is 57.8 Å². The number of nitrogens with zero attached hydrogens (tertiary/aromatic N) is 1. The number of rotatable bonds is 3. The van der Waals surface area contributed by atoms with Crippen LogP contribution in [0.2, 0.25) is 0 Å². The summed E-state index contributed by atoms with van der Waals surface area (Å²) in [5, 5.41) is 4.06. The molecule has 0 radical (unpaired) electrons. The normalized spacial score (nSPS) is 10.7. The monoisotopic (exact) mass is 313 g/mol. The number of nitrogens with one attached hydrogen (secondary N) is 2. The zero-order chi connectivity index (χ0) is 16.4. The smallest absolute Gasteiger partial charge is 0.274 e. The maximum Gasteiger partial charge on any atom is 0.274 e. The van der Waals surface area contributed by atoms with Gasteiger partial charge in [-0.3, -0.25) is 9.78 Å². The number of anilines is 1. The predicted molar refractivity (Wildman–Crippen MR) is 95.9 cm³/mol. The molecule has 4 heteroatoms. The average molecular weight is 313 g/mol. The molecule has 0 unspecified atom stereocenters. The largest absolute Gasteiger partial charge is 0.361 e. The molecule has 0 aliphatic carbocycles. The summed E-state index contributed by atoms with van der Waals surface area (Å²) in [4.78, 5) is 19.5. The standard InChI is InChI=1S/C20H15N3O/c24-20(19-8-1-2-11-21-19)23-15-6-3-5-14(13-15)16-7-4-9-18-17(16)10-12-22-18/h1-13,22H,(H,23,24). The molecule has 0 fully saturated rings. The van der Waals surface area contributed by atoms with E-state index < -0.39 is 0 Å². The third-order valence-corrected chi connectivity index (χ3v) is 3.92. The Kier molecular flexibility index (Phi) is 3.56. The third kappa shape index (κ3) is 2.65. The van der Waals surface area contributed by atoms with Gasteiger partial charge < -0.3 is 10.3 Å². The first kappa shape index (κ1) is 14.2. The summed E-state index contributed by atoms with van der Waals surface area (Å²) in [7, 11) is 0. The van der Waals surface area contributed by atoms with Gasteiger partial charge in [0.15, 0.2) is 0 Å². The van der Waals surface area contributed by atoms with Crippen molar-refractivity contribution in [3.05, 3.63) is 84.8 Å². The molecule has 4 rings (SSSR count). The summed E-state index contributed by atoms with van der Waals surface area (Å²) in [6, 6.07) is 21.3. The molecule has 0 saturated carbocycles.